The predicted octanol–water partition coefficient (Wildman–Crippen LogP) is 4.23. The molecule has 1 aliphatic rings. The molecular weight excluding hydrogens is 194 g/mol. The molecule has 0 heterocycles. The van der Waals surface area contributed by atoms with E-state index in [1.807, 2.05) is 0 Å². The van der Waals surface area contributed by atoms with Crippen LogP contribution in [-0.2, 0) is 0 Å². The topological polar surface area (TPSA) is 12.0 Å². The van der Waals surface area contributed by atoms with E-state index in [1.54, 1.807) is 0 Å². The first-order valence-electron chi connectivity index (χ1n) is 7.38. The van der Waals surface area contributed by atoms with Crippen molar-refractivity contribution >= 4 is 0 Å². The highest BCUT2D eigenvalue weighted by Crippen LogP contribution is 2.36. The monoisotopic (exact) mass is 225 g/mol. The highest BCUT2D eigenvalue weighted by molar-refractivity contribution is 4.81. The van der Waals surface area contributed by atoms with Crippen molar-refractivity contribution in [1.29, 1.82) is 0 Å². The molecule has 3 unspecified atom stereocenters. The van der Waals surface area contributed by atoms with Gasteiger partial charge in [0, 0.05) is 6.04 Å². The fraction of sp³-hybridized carbons (Fsp3) is 1.00. The maximum atomic E-state index is 3.64. The number of nitrogens with one attached hydrogen (secondary N) is 1. The fourth-order valence-electron chi connectivity index (χ4n) is 3.30. The molecule has 1 N–H and O–H groups in total. The average molecular weight is 225 g/mol. The second-order valence-corrected chi connectivity index (χ2v) is 6.04. The summed E-state index contributed by atoms with van der Waals surface area (Å²) in [5.74, 6) is 2.86. The minimum Gasteiger partial charge on any atom is -0.314 e. The van der Waals surface area contributed by atoms with Crippen molar-refractivity contribution in [1.82, 2.24) is 5.32 Å². The summed E-state index contributed by atoms with van der Waals surface area (Å²) in [4.78, 5) is 0. The third kappa shape index (κ3) is 4.45. The van der Waals surface area contributed by atoms with Gasteiger partial charge in [0.25, 0.3) is 0 Å². The van der Waals surface area contributed by atoms with Crippen molar-refractivity contribution in [2.45, 2.75) is 72.3 Å². The van der Waals surface area contributed by atoms with Gasteiger partial charge in [-0.1, -0.05) is 53.4 Å². The van der Waals surface area contributed by atoms with E-state index in [4.69, 9.17) is 0 Å². The zero-order valence-electron chi connectivity index (χ0n) is 11.8. The van der Waals surface area contributed by atoms with Crippen LogP contribution in [0.5, 0.6) is 0 Å². The highest BCUT2D eigenvalue weighted by Gasteiger charge is 2.28. The van der Waals surface area contributed by atoms with Crippen molar-refractivity contribution in [3.63, 3.8) is 0 Å². The predicted molar refractivity (Wildman–Crippen MR) is 72.7 cm³/mol. The van der Waals surface area contributed by atoms with Crippen LogP contribution < -0.4 is 5.32 Å². The van der Waals surface area contributed by atoms with E-state index in [-0.39, 0.29) is 0 Å². The summed E-state index contributed by atoms with van der Waals surface area (Å²) in [6.07, 6.45) is 8.63. The average Bonchev–Trinajstić information content (AvgIpc) is 2.27. The Morgan fingerprint density at radius 2 is 1.81 bits per heavy atom. The molecule has 0 aromatic carbocycles. The van der Waals surface area contributed by atoms with Crippen LogP contribution in [0.2, 0.25) is 0 Å². The fourth-order valence-corrected chi connectivity index (χ4v) is 3.30. The van der Waals surface area contributed by atoms with E-state index in [1.165, 1.54) is 45.1 Å². The minimum atomic E-state index is 0.643. The lowest BCUT2D eigenvalue weighted by Gasteiger charge is -2.36. The van der Waals surface area contributed by atoms with E-state index in [0.29, 0.717) is 6.04 Å². The van der Waals surface area contributed by atoms with Gasteiger partial charge in [-0.25, -0.2) is 0 Å². The molecule has 0 bridgehead atoms. The van der Waals surface area contributed by atoms with Crippen molar-refractivity contribution in [3.8, 4) is 0 Å². The molecule has 0 amide bonds. The summed E-state index contributed by atoms with van der Waals surface area (Å²) in [5, 5.41) is 3.64. The molecule has 1 aliphatic carbocycles. The second kappa shape index (κ2) is 7.32. The van der Waals surface area contributed by atoms with Crippen LogP contribution in [0.25, 0.3) is 0 Å². The Labute approximate surface area is 102 Å². The van der Waals surface area contributed by atoms with E-state index in [2.05, 4.69) is 33.0 Å². The van der Waals surface area contributed by atoms with E-state index in [0.717, 1.165) is 17.8 Å². The molecule has 1 saturated carbocycles. The third-order valence-corrected chi connectivity index (χ3v) is 4.23. The van der Waals surface area contributed by atoms with Crippen LogP contribution in [0.15, 0.2) is 0 Å². The number of rotatable bonds is 6. The first-order chi connectivity index (χ1) is 7.65. The molecule has 1 heteroatoms. The Bertz CT molecular complexity index is 176. The molecule has 16 heavy (non-hydrogen) atoms. The van der Waals surface area contributed by atoms with Crippen LogP contribution in [0.4, 0.5) is 0 Å². The van der Waals surface area contributed by atoms with Crippen molar-refractivity contribution < 1.29 is 0 Å². The van der Waals surface area contributed by atoms with Gasteiger partial charge >= 0.3 is 0 Å². The standard InChI is InChI=1S/C15H31N/c1-5-8-13(4)15-10-7-6-9-14(15)11-16-12(2)3/h12-16H,5-11H2,1-4H3. The molecule has 1 nitrogen and oxygen atoms in total. The lowest BCUT2D eigenvalue weighted by molar-refractivity contribution is 0.157. The zero-order chi connectivity index (χ0) is 12.0. The molecule has 0 aliphatic heterocycles. The SMILES string of the molecule is CCCC(C)C1CCCCC1CNC(C)C. The van der Waals surface area contributed by atoms with Crippen LogP contribution in [0, 0.1) is 17.8 Å². The van der Waals surface area contributed by atoms with Crippen molar-refractivity contribution in [2.24, 2.45) is 17.8 Å². The van der Waals surface area contributed by atoms with Crippen molar-refractivity contribution in [3.05, 3.63) is 0 Å². The Morgan fingerprint density at radius 1 is 1.12 bits per heavy atom. The Hall–Kier alpha value is -0.0400. The van der Waals surface area contributed by atoms with Gasteiger partial charge in [-0.15, -0.1) is 0 Å². The quantitative estimate of drug-likeness (QED) is 0.713. The molecule has 1 fully saturated rings. The molecule has 3 atom stereocenters. The molecule has 0 saturated heterocycles. The van der Waals surface area contributed by atoms with Gasteiger partial charge in [-0.05, 0) is 37.1 Å². The first-order valence-corrected chi connectivity index (χ1v) is 7.38. The Kier molecular flexibility index (Phi) is 6.41. The lowest BCUT2D eigenvalue weighted by atomic mass is 9.71. The highest BCUT2D eigenvalue weighted by atomic mass is 14.9. The van der Waals surface area contributed by atoms with Gasteiger partial charge in [0.05, 0.1) is 0 Å². The lowest BCUT2D eigenvalue weighted by Crippen LogP contribution is -2.36. The summed E-state index contributed by atoms with van der Waals surface area (Å²) in [6, 6.07) is 0.643. The van der Waals surface area contributed by atoms with Crippen LogP contribution >= 0.6 is 0 Å². The number of hydrogen-bond acceptors (Lipinski definition) is 1. The number of hydrogen-bond donors (Lipinski definition) is 1. The summed E-state index contributed by atoms with van der Waals surface area (Å²) >= 11 is 0. The zero-order valence-corrected chi connectivity index (χ0v) is 11.8. The maximum Gasteiger partial charge on any atom is 0.00104 e. The molecule has 0 spiro atoms. The molecule has 0 aromatic heterocycles. The van der Waals surface area contributed by atoms with Crippen molar-refractivity contribution in [2.75, 3.05) is 6.54 Å². The minimum absolute atomic E-state index is 0.643. The van der Waals surface area contributed by atoms with Crippen LogP contribution in [-0.4, -0.2) is 12.6 Å². The van der Waals surface area contributed by atoms with Gasteiger partial charge in [-0.3, -0.25) is 0 Å². The largest absolute Gasteiger partial charge is 0.314 e. The molecule has 1 rings (SSSR count). The van der Waals surface area contributed by atoms with Gasteiger partial charge in [0.1, 0.15) is 0 Å². The van der Waals surface area contributed by atoms with E-state index >= 15 is 0 Å². The second-order valence-electron chi connectivity index (χ2n) is 6.04. The van der Waals surface area contributed by atoms with Gasteiger partial charge in [0.2, 0.25) is 0 Å². The first kappa shape index (κ1) is 14.0. The van der Waals surface area contributed by atoms with E-state index in [9.17, 15) is 0 Å². The van der Waals surface area contributed by atoms with Gasteiger partial charge in [0.15, 0.2) is 0 Å². The molecular formula is C15H31N. The smallest absolute Gasteiger partial charge is 0.00104 e. The summed E-state index contributed by atoms with van der Waals surface area (Å²) in [7, 11) is 0. The van der Waals surface area contributed by atoms with E-state index < -0.39 is 0 Å². The third-order valence-electron chi connectivity index (χ3n) is 4.23. The normalized spacial score (nSPS) is 28.3. The summed E-state index contributed by atoms with van der Waals surface area (Å²) < 4.78 is 0. The Balaban J connectivity index is 2.43. The van der Waals surface area contributed by atoms with Crippen LogP contribution in [0.3, 0.4) is 0 Å². The molecule has 0 aromatic rings. The van der Waals surface area contributed by atoms with Gasteiger partial charge < -0.3 is 5.32 Å². The summed E-state index contributed by atoms with van der Waals surface area (Å²) in [5.41, 5.74) is 0. The Morgan fingerprint density at radius 3 is 2.44 bits per heavy atom. The molecule has 96 valence electrons. The maximum absolute atomic E-state index is 3.64. The van der Waals surface area contributed by atoms with Gasteiger partial charge in [-0.2, -0.15) is 0 Å². The summed E-state index contributed by atoms with van der Waals surface area (Å²) in [6.45, 7) is 10.6. The molecule has 0 radical (unpaired) electrons. The van der Waals surface area contributed by atoms with Crippen LogP contribution in [0.1, 0.15) is 66.2 Å².